The van der Waals surface area contributed by atoms with Crippen LogP contribution in [-0.2, 0) is 0 Å². The number of carbonyl (C=O) groups excluding carboxylic acids is 2. The number of rotatable bonds is 6. The van der Waals surface area contributed by atoms with Crippen LogP contribution in [0, 0.1) is 0 Å². The largest absolute Gasteiger partial charge is 0.497 e. The van der Waals surface area contributed by atoms with Gasteiger partial charge in [0.15, 0.2) is 5.78 Å². The first kappa shape index (κ1) is 19.6. The fraction of sp³-hybridized carbons (Fsp3) is 0.0455. The molecule has 0 saturated heterocycles. The molecule has 0 atom stereocenters. The third-order valence-electron chi connectivity index (χ3n) is 4.30. The molecule has 3 aromatic carbocycles. The van der Waals surface area contributed by atoms with Crippen LogP contribution < -0.4 is 21.6 Å². The van der Waals surface area contributed by atoms with Crippen LogP contribution in [0.1, 0.15) is 31.8 Å². The van der Waals surface area contributed by atoms with Crippen molar-refractivity contribution in [3.05, 3.63) is 89.0 Å². The maximum Gasteiger partial charge on any atom is 0.255 e. The van der Waals surface area contributed by atoms with Gasteiger partial charge in [-0.05, 0) is 48.0 Å². The number of nitrogens with one attached hydrogen (secondary N) is 1. The minimum absolute atomic E-state index is 0.260. The van der Waals surface area contributed by atoms with E-state index in [4.69, 9.17) is 16.3 Å². The van der Waals surface area contributed by atoms with E-state index < -0.39 is 0 Å². The summed E-state index contributed by atoms with van der Waals surface area (Å²) in [5.41, 5.74) is 8.42. The zero-order chi connectivity index (χ0) is 20.8. The van der Waals surface area contributed by atoms with E-state index in [2.05, 4.69) is 10.4 Å². The number of nitrogens with two attached hydrogens (primary N) is 2. The molecule has 5 N–H and O–H groups in total. The molecular formula is C22H20N4O3. The summed E-state index contributed by atoms with van der Waals surface area (Å²) in [5.74, 6) is 5.15. The summed E-state index contributed by atoms with van der Waals surface area (Å²) in [6, 6.07) is 18.4. The van der Waals surface area contributed by atoms with Gasteiger partial charge in [-0.3, -0.25) is 9.59 Å². The SMILES string of the molecule is COc1ccc(C(=O)Nc2c(N)cccc2C(=O)c2cccc(C=NN)c2)cc1. The normalized spacial score (nSPS) is 10.7. The molecule has 3 rings (SSSR count). The number of amides is 1. The maximum absolute atomic E-state index is 13.1. The highest BCUT2D eigenvalue weighted by atomic mass is 16.5. The molecule has 0 bridgehead atoms. The van der Waals surface area contributed by atoms with E-state index in [1.54, 1.807) is 73.8 Å². The number of methoxy groups -OCH3 is 1. The van der Waals surface area contributed by atoms with Crippen molar-refractivity contribution in [3.63, 3.8) is 0 Å². The number of anilines is 2. The summed E-state index contributed by atoms with van der Waals surface area (Å²) in [4.78, 5) is 25.7. The Hall–Kier alpha value is -4.13. The molecular weight excluding hydrogens is 368 g/mol. The van der Waals surface area contributed by atoms with Crippen molar-refractivity contribution >= 4 is 29.3 Å². The van der Waals surface area contributed by atoms with Crippen molar-refractivity contribution < 1.29 is 14.3 Å². The molecule has 7 nitrogen and oxygen atoms in total. The summed E-state index contributed by atoms with van der Waals surface area (Å²) in [6.07, 6.45) is 1.45. The second-order valence-corrected chi connectivity index (χ2v) is 6.19. The van der Waals surface area contributed by atoms with Crippen LogP contribution in [0.5, 0.6) is 5.75 Å². The average molecular weight is 388 g/mol. The highest BCUT2D eigenvalue weighted by Crippen LogP contribution is 2.27. The topological polar surface area (TPSA) is 120 Å². The molecule has 29 heavy (non-hydrogen) atoms. The van der Waals surface area contributed by atoms with E-state index in [1.807, 2.05) is 0 Å². The number of benzene rings is 3. The Bertz CT molecular complexity index is 1080. The van der Waals surface area contributed by atoms with E-state index in [0.29, 0.717) is 22.4 Å². The van der Waals surface area contributed by atoms with Crippen LogP contribution in [0.4, 0.5) is 11.4 Å². The van der Waals surface area contributed by atoms with Gasteiger partial charge < -0.3 is 21.6 Å². The fourth-order valence-corrected chi connectivity index (χ4v) is 2.83. The Balaban J connectivity index is 1.93. The first-order chi connectivity index (χ1) is 14.0. The van der Waals surface area contributed by atoms with Crippen molar-refractivity contribution in [1.29, 1.82) is 0 Å². The molecule has 0 saturated carbocycles. The second kappa shape index (κ2) is 8.71. The van der Waals surface area contributed by atoms with Gasteiger partial charge in [-0.15, -0.1) is 0 Å². The second-order valence-electron chi connectivity index (χ2n) is 6.19. The highest BCUT2D eigenvalue weighted by molar-refractivity contribution is 6.17. The van der Waals surface area contributed by atoms with E-state index in [-0.39, 0.29) is 28.6 Å². The van der Waals surface area contributed by atoms with E-state index in [0.717, 1.165) is 0 Å². The molecule has 0 aliphatic carbocycles. The van der Waals surface area contributed by atoms with Gasteiger partial charge in [0.05, 0.1) is 24.7 Å². The number of ether oxygens (including phenoxy) is 1. The molecule has 146 valence electrons. The third-order valence-corrected chi connectivity index (χ3v) is 4.30. The van der Waals surface area contributed by atoms with Gasteiger partial charge in [-0.25, -0.2) is 0 Å². The van der Waals surface area contributed by atoms with E-state index in [1.165, 1.54) is 6.21 Å². The first-order valence-electron chi connectivity index (χ1n) is 8.75. The summed E-state index contributed by atoms with van der Waals surface area (Å²) in [7, 11) is 1.55. The molecule has 0 aliphatic rings. The highest BCUT2D eigenvalue weighted by Gasteiger charge is 2.18. The lowest BCUT2D eigenvalue weighted by molar-refractivity contribution is 0.102. The van der Waals surface area contributed by atoms with Gasteiger partial charge in [-0.1, -0.05) is 24.3 Å². The number of hydrogen-bond donors (Lipinski definition) is 3. The quantitative estimate of drug-likeness (QED) is 0.197. The van der Waals surface area contributed by atoms with Crippen LogP contribution in [-0.4, -0.2) is 25.0 Å². The Morgan fingerprint density at radius 1 is 1.00 bits per heavy atom. The number of para-hydroxylation sites is 1. The van der Waals surface area contributed by atoms with Gasteiger partial charge in [-0.2, -0.15) is 5.10 Å². The number of nitrogens with zero attached hydrogens (tertiary/aromatic N) is 1. The minimum Gasteiger partial charge on any atom is -0.497 e. The smallest absolute Gasteiger partial charge is 0.255 e. The first-order valence-corrected chi connectivity index (χ1v) is 8.75. The molecule has 7 heteroatoms. The number of hydrazone groups is 1. The molecule has 0 unspecified atom stereocenters. The lowest BCUT2D eigenvalue weighted by Crippen LogP contribution is -2.17. The van der Waals surface area contributed by atoms with Crippen LogP contribution >= 0.6 is 0 Å². The molecule has 0 fully saturated rings. The molecule has 1 amide bonds. The van der Waals surface area contributed by atoms with Crippen molar-refractivity contribution in [3.8, 4) is 5.75 Å². The monoisotopic (exact) mass is 388 g/mol. The van der Waals surface area contributed by atoms with Gasteiger partial charge in [0.1, 0.15) is 5.75 Å². The predicted molar refractivity (Wildman–Crippen MR) is 113 cm³/mol. The zero-order valence-corrected chi connectivity index (χ0v) is 15.8. The van der Waals surface area contributed by atoms with Crippen LogP contribution in [0.15, 0.2) is 71.8 Å². The summed E-state index contributed by atoms with van der Waals surface area (Å²) in [6.45, 7) is 0. The summed E-state index contributed by atoms with van der Waals surface area (Å²) >= 11 is 0. The van der Waals surface area contributed by atoms with Crippen LogP contribution in [0.2, 0.25) is 0 Å². The standard InChI is InChI=1S/C22H20N4O3/c1-29-17-10-8-15(9-11-17)22(28)26-20-18(6-3-7-19(20)23)21(27)16-5-2-4-14(12-16)13-25-24/h2-13H,23-24H2,1H3,(H,26,28). The van der Waals surface area contributed by atoms with Gasteiger partial charge in [0.2, 0.25) is 0 Å². The number of ketones is 1. The molecule has 0 aromatic heterocycles. The lowest BCUT2D eigenvalue weighted by Gasteiger charge is -2.13. The predicted octanol–water partition coefficient (Wildman–Crippen LogP) is 3.05. The van der Waals surface area contributed by atoms with Gasteiger partial charge >= 0.3 is 0 Å². The van der Waals surface area contributed by atoms with Crippen molar-refractivity contribution in [2.45, 2.75) is 0 Å². The molecule has 0 spiro atoms. The van der Waals surface area contributed by atoms with Gasteiger partial charge in [0, 0.05) is 16.7 Å². The minimum atomic E-state index is -0.386. The number of carbonyl (C=O) groups is 2. The molecule has 0 aliphatic heterocycles. The molecule has 0 heterocycles. The maximum atomic E-state index is 13.1. The van der Waals surface area contributed by atoms with Gasteiger partial charge in [0.25, 0.3) is 5.91 Å². The summed E-state index contributed by atoms with van der Waals surface area (Å²) < 4.78 is 5.10. The van der Waals surface area contributed by atoms with Crippen molar-refractivity contribution in [1.82, 2.24) is 0 Å². The van der Waals surface area contributed by atoms with Crippen molar-refractivity contribution in [2.24, 2.45) is 10.9 Å². The van der Waals surface area contributed by atoms with Crippen LogP contribution in [0.25, 0.3) is 0 Å². The Morgan fingerprint density at radius 2 is 1.72 bits per heavy atom. The van der Waals surface area contributed by atoms with E-state index >= 15 is 0 Å². The Morgan fingerprint density at radius 3 is 2.41 bits per heavy atom. The zero-order valence-electron chi connectivity index (χ0n) is 15.8. The Kier molecular flexibility index (Phi) is 5.89. The van der Waals surface area contributed by atoms with Crippen LogP contribution in [0.3, 0.4) is 0 Å². The van der Waals surface area contributed by atoms with E-state index in [9.17, 15) is 9.59 Å². The summed E-state index contributed by atoms with van der Waals surface area (Å²) in [5, 5.41) is 6.22. The Labute approximate surface area is 168 Å². The number of hydrogen-bond acceptors (Lipinski definition) is 6. The number of nitrogen functional groups attached to an aromatic ring is 1. The molecule has 0 radical (unpaired) electrons. The third kappa shape index (κ3) is 4.41. The van der Waals surface area contributed by atoms with Crippen molar-refractivity contribution in [2.75, 3.05) is 18.2 Å². The molecule has 3 aromatic rings. The average Bonchev–Trinajstić information content (AvgIpc) is 2.75. The fourth-order valence-electron chi connectivity index (χ4n) is 2.83. The lowest BCUT2D eigenvalue weighted by atomic mass is 9.99.